The molecule has 2 N–H and O–H groups in total. The van der Waals surface area contributed by atoms with Crippen LogP contribution in [-0.2, 0) is 0 Å². The van der Waals surface area contributed by atoms with E-state index in [2.05, 4.69) is 27.5 Å². The van der Waals surface area contributed by atoms with Gasteiger partial charge >= 0.3 is 0 Å². The third kappa shape index (κ3) is 3.07. The van der Waals surface area contributed by atoms with Gasteiger partial charge in [0.1, 0.15) is 11.5 Å². The molecule has 4 heterocycles. The number of imidazole rings is 1. The van der Waals surface area contributed by atoms with Crippen molar-refractivity contribution in [1.82, 2.24) is 19.7 Å². The molecule has 1 aliphatic heterocycles. The van der Waals surface area contributed by atoms with E-state index in [1.807, 2.05) is 18.2 Å². The van der Waals surface area contributed by atoms with Crippen molar-refractivity contribution in [3.63, 3.8) is 0 Å². The second kappa shape index (κ2) is 6.40. The lowest BCUT2D eigenvalue weighted by Crippen LogP contribution is -2.27. The second-order valence-electron chi connectivity index (χ2n) is 6.43. The Balaban J connectivity index is 1.68. The maximum atomic E-state index is 13.0. The summed E-state index contributed by atoms with van der Waals surface area (Å²) in [7, 11) is 0. The van der Waals surface area contributed by atoms with Crippen LogP contribution in [0.4, 0.5) is 14.6 Å². The molecule has 0 saturated carbocycles. The van der Waals surface area contributed by atoms with E-state index in [9.17, 15) is 8.78 Å². The predicted molar refractivity (Wildman–Crippen MR) is 92.8 cm³/mol. The van der Waals surface area contributed by atoms with E-state index < -0.39 is 6.43 Å². The fourth-order valence-electron chi connectivity index (χ4n) is 3.17. The molecule has 4 rings (SSSR count). The van der Waals surface area contributed by atoms with Crippen molar-refractivity contribution in [2.24, 2.45) is 5.92 Å². The molecule has 3 aromatic heterocycles. The first-order chi connectivity index (χ1) is 12.1. The van der Waals surface area contributed by atoms with Crippen LogP contribution in [-0.4, -0.2) is 33.5 Å². The van der Waals surface area contributed by atoms with Crippen LogP contribution >= 0.6 is 0 Å². The molecule has 1 saturated heterocycles. The van der Waals surface area contributed by atoms with E-state index in [0.29, 0.717) is 29.0 Å². The molecule has 0 bridgehead atoms. The summed E-state index contributed by atoms with van der Waals surface area (Å²) < 4.78 is 27.7. The van der Waals surface area contributed by atoms with Gasteiger partial charge in [0.05, 0.1) is 17.6 Å². The van der Waals surface area contributed by atoms with Crippen LogP contribution in [0.3, 0.4) is 0 Å². The van der Waals surface area contributed by atoms with Crippen molar-refractivity contribution in [2.45, 2.75) is 19.4 Å². The van der Waals surface area contributed by atoms with Crippen LogP contribution < -0.4 is 10.6 Å². The smallest absolute Gasteiger partial charge is 0.265 e. The highest BCUT2D eigenvalue weighted by molar-refractivity contribution is 5.62. The van der Waals surface area contributed by atoms with E-state index in [1.165, 1.54) is 12.3 Å². The van der Waals surface area contributed by atoms with Crippen molar-refractivity contribution in [3.8, 4) is 11.4 Å². The van der Waals surface area contributed by atoms with Gasteiger partial charge < -0.3 is 10.6 Å². The van der Waals surface area contributed by atoms with Gasteiger partial charge in [-0.2, -0.15) is 0 Å². The third-order valence-corrected chi connectivity index (χ3v) is 4.64. The summed E-state index contributed by atoms with van der Waals surface area (Å²) in [6, 6.07) is 9.02. The number of nitrogens with zero attached hydrogens (tertiary/aromatic N) is 3. The van der Waals surface area contributed by atoms with Crippen molar-refractivity contribution < 1.29 is 8.78 Å². The minimum Gasteiger partial charge on any atom is -0.366 e. The molecule has 130 valence electrons. The predicted octanol–water partition coefficient (Wildman–Crippen LogP) is 3.35. The van der Waals surface area contributed by atoms with Gasteiger partial charge in [0.25, 0.3) is 6.43 Å². The molecule has 7 heteroatoms. The van der Waals surface area contributed by atoms with E-state index in [-0.39, 0.29) is 5.56 Å². The fraction of sp³-hybridized carbons (Fsp3) is 0.333. The molecule has 0 aliphatic carbocycles. The topological polar surface area (TPSA) is 54.2 Å². The van der Waals surface area contributed by atoms with Gasteiger partial charge in [-0.1, -0.05) is 13.0 Å². The van der Waals surface area contributed by atoms with Gasteiger partial charge in [-0.15, -0.1) is 0 Å². The molecule has 1 fully saturated rings. The first-order valence-electron chi connectivity index (χ1n) is 8.31. The average Bonchev–Trinajstić information content (AvgIpc) is 3.21. The van der Waals surface area contributed by atoms with Crippen LogP contribution in [0.2, 0.25) is 0 Å². The molecular weight excluding hydrogens is 324 g/mol. The highest BCUT2D eigenvalue weighted by Crippen LogP contribution is 2.25. The van der Waals surface area contributed by atoms with Crippen LogP contribution in [0.15, 0.2) is 42.7 Å². The Kier molecular flexibility index (Phi) is 4.09. The summed E-state index contributed by atoms with van der Waals surface area (Å²) in [6.07, 6.45) is 0.570. The number of hydrogen-bond donors (Lipinski definition) is 2. The number of nitrogens with one attached hydrogen (secondary N) is 2. The van der Waals surface area contributed by atoms with Gasteiger partial charge in [0, 0.05) is 24.3 Å². The number of aromatic nitrogens is 3. The maximum Gasteiger partial charge on any atom is 0.265 e. The zero-order chi connectivity index (χ0) is 17.4. The fourth-order valence-corrected chi connectivity index (χ4v) is 3.17. The molecule has 3 aromatic rings. The number of halogens is 2. The first kappa shape index (κ1) is 16.0. The summed E-state index contributed by atoms with van der Waals surface area (Å²) in [5.74, 6) is 1.30. The van der Waals surface area contributed by atoms with Crippen molar-refractivity contribution in [2.75, 3.05) is 18.4 Å². The third-order valence-electron chi connectivity index (χ3n) is 4.64. The minimum atomic E-state index is -2.52. The van der Waals surface area contributed by atoms with Crippen LogP contribution in [0.1, 0.15) is 18.9 Å². The molecule has 25 heavy (non-hydrogen) atoms. The molecule has 0 aromatic carbocycles. The van der Waals surface area contributed by atoms with Gasteiger partial charge in [-0.25, -0.2) is 18.7 Å². The molecule has 2 unspecified atom stereocenters. The summed E-state index contributed by atoms with van der Waals surface area (Å²) in [6.45, 7) is 4.08. The number of pyridine rings is 2. The summed E-state index contributed by atoms with van der Waals surface area (Å²) >= 11 is 0. The van der Waals surface area contributed by atoms with Crippen LogP contribution in [0, 0.1) is 5.92 Å². The lowest BCUT2D eigenvalue weighted by Gasteiger charge is -2.17. The van der Waals surface area contributed by atoms with E-state index in [0.717, 1.165) is 18.9 Å². The van der Waals surface area contributed by atoms with Crippen molar-refractivity contribution in [1.29, 1.82) is 0 Å². The largest absolute Gasteiger partial charge is 0.366 e. The van der Waals surface area contributed by atoms with E-state index >= 15 is 0 Å². The monoisotopic (exact) mass is 343 g/mol. The Bertz CT molecular complexity index is 892. The van der Waals surface area contributed by atoms with Gasteiger partial charge in [-0.05, 0) is 36.7 Å². The van der Waals surface area contributed by atoms with Gasteiger partial charge in [-0.3, -0.25) is 4.40 Å². The molecule has 0 amide bonds. The highest BCUT2D eigenvalue weighted by atomic mass is 19.3. The van der Waals surface area contributed by atoms with Gasteiger partial charge in [0.15, 0.2) is 0 Å². The number of rotatable bonds is 4. The van der Waals surface area contributed by atoms with Crippen LogP contribution in [0.5, 0.6) is 0 Å². The molecular formula is C18H19F2N5. The van der Waals surface area contributed by atoms with Crippen LogP contribution in [0.25, 0.3) is 17.0 Å². The Morgan fingerprint density at radius 3 is 2.88 bits per heavy atom. The summed E-state index contributed by atoms with van der Waals surface area (Å²) in [4.78, 5) is 8.94. The Hall–Kier alpha value is -2.54. The second-order valence-corrected chi connectivity index (χ2v) is 6.43. The SMILES string of the molecule is CC1CNCC1Nc1cccc(-c2cnc3ccc(C(F)F)cn23)n1. The molecule has 5 nitrogen and oxygen atoms in total. The van der Waals surface area contributed by atoms with Crippen molar-refractivity contribution in [3.05, 3.63) is 48.3 Å². The number of hydrogen-bond acceptors (Lipinski definition) is 4. The minimum absolute atomic E-state index is 0.0353. The average molecular weight is 343 g/mol. The van der Waals surface area contributed by atoms with E-state index in [4.69, 9.17) is 0 Å². The molecule has 0 radical (unpaired) electrons. The number of anilines is 1. The van der Waals surface area contributed by atoms with Gasteiger partial charge in [0.2, 0.25) is 0 Å². The zero-order valence-electron chi connectivity index (χ0n) is 13.8. The quantitative estimate of drug-likeness (QED) is 0.763. The molecule has 2 atom stereocenters. The standard InChI is InChI=1S/C18H19F2N5/c1-11-7-21-8-14(11)24-16-4-2-3-13(23-16)15-9-22-17-6-5-12(18(19)20)10-25(15)17/h2-6,9-11,14,18,21H,7-8H2,1H3,(H,23,24). The lowest BCUT2D eigenvalue weighted by atomic mass is 10.1. The highest BCUT2D eigenvalue weighted by Gasteiger charge is 2.23. The number of fused-ring (bicyclic) bond motifs is 1. The zero-order valence-corrected chi connectivity index (χ0v) is 13.8. The summed E-state index contributed by atoms with van der Waals surface area (Å²) in [5, 5.41) is 6.80. The molecule has 0 spiro atoms. The normalized spacial score (nSPS) is 20.5. The molecule has 1 aliphatic rings. The summed E-state index contributed by atoms with van der Waals surface area (Å²) in [5.41, 5.74) is 1.97. The first-order valence-corrected chi connectivity index (χ1v) is 8.31. The maximum absolute atomic E-state index is 13.0. The van der Waals surface area contributed by atoms with E-state index in [1.54, 1.807) is 16.7 Å². The number of alkyl halides is 2. The Morgan fingerprint density at radius 1 is 1.24 bits per heavy atom. The Labute approximate surface area is 144 Å². The Morgan fingerprint density at radius 2 is 2.12 bits per heavy atom. The lowest BCUT2D eigenvalue weighted by molar-refractivity contribution is 0.151. The van der Waals surface area contributed by atoms with Crippen molar-refractivity contribution >= 4 is 11.5 Å².